The number of nitrogens with one attached hydrogen (secondary N) is 2. The van der Waals surface area contributed by atoms with E-state index < -0.39 is 0 Å². The Kier molecular flexibility index (Phi) is 4.89. The van der Waals surface area contributed by atoms with Crippen LogP contribution < -0.4 is 10.1 Å². The van der Waals surface area contributed by atoms with Crippen molar-refractivity contribution in [2.45, 2.75) is 0 Å². The van der Waals surface area contributed by atoms with E-state index in [1.165, 1.54) is 0 Å². The topological polar surface area (TPSA) is 67.0 Å². The second kappa shape index (κ2) is 7.80. The third kappa shape index (κ3) is 3.78. The molecule has 5 nitrogen and oxygen atoms in total. The summed E-state index contributed by atoms with van der Waals surface area (Å²) in [6.45, 7) is 0. The van der Waals surface area contributed by atoms with Crippen molar-refractivity contribution in [2.24, 2.45) is 0 Å². The highest BCUT2D eigenvalue weighted by Crippen LogP contribution is 2.25. The molecule has 0 aliphatic heterocycles. The Bertz CT molecular complexity index is 1070. The van der Waals surface area contributed by atoms with Gasteiger partial charge in [0.1, 0.15) is 11.6 Å². The van der Waals surface area contributed by atoms with Crippen molar-refractivity contribution in [1.29, 1.82) is 0 Å². The van der Waals surface area contributed by atoms with Gasteiger partial charge in [-0.3, -0.25) is 4.79 Å². The number of aromatic amines is 1. The molecule has 0 aliphatic carbocycles. The van der Waals surface area contributed by atoms with Crippen LogP contribution in [0.5, 0.6) is 5.75 Å². The molecule has 0 bridgehead atoms. The van der Waals surface area contributed by atoms with Gasteiger partial charge in [-0.05, 0) is 54.1 Å². The third-order valence-corrected chi connectivity index (χ3v) is 4.43. The van der Waals surface area contributed by atoms with Gasteiger partial charge in [0.2, 0.25) is 0 Å². The smallest absolute Gasteiger partial charge is 0.255 e. The second-order valence-corrected chi connectivity index (χ2v) is 6.27. The first kappa shape index (κ1) is 17.5. The molecule has 0 radical (unpaired) electrons. The lowest BCUT2D eigenvalue weighted by molar-refractivity contribution is 0.102. The lowest BCUT2D eigenvalue weighted by Gasteiger charge is -2.06. The van der Waals surface area contributed by atoms with Gasteiger partial charge in [0.05, 0.1) is 19.0 Å². The molecule has 0 saturated heterocycles. The minimum absolute atomic E-state index is 0.128. The van der Waals surface area contributed by atoms with Gasteiger partial charge in [-0.2, -0.15) is 0 Å². The summed E-state index contributed by atoms with van der Waals surface area (Å²) in [4.78, 5) is 20.0. The van der Waals surface area contributed by atoms with E-state index >= 15 is 0 Å². The number of ether oxygens (including phenoxy) is 1. The van der Waals surface area contributed by atoms with Crippen LogP contribution in [0.15, 0.2) is 85.1 Å². The highest BCUT2D eigenvalue weighted by atomic mass is 16.5. The molecule has 4 aromatic rings. The monoisotopic (exact) mass is 369 g/mol. The van der Waals surface area contributed by atoms with Gasteiger partial charge in [0.15, 0.2) is 0 Å². The van der Waals surface area contributed by atoms with Crippen LogP contribution in [0.25, 0.3) is 22.6 Å². The Morgan fingerprint density at radius 3 is 2.25 bits per heavy atom. The molecule has 1 amide bonds. The normalized spacial score (nSPS) is 10.5. The summed E-state index contributed by atoms with van der Waals surface area (Å²) < 4.78 is 5.19. The Morgan fingerprint density at radius 2 is 1.57 bits per heavy atom. The summed E-state index contributed by atoms with van der Waals surface area (Å²) in [6, 6.07) is 24.5. The van der Waals surface area contributed by atoms with Crippen LogP contribution in [0.2, 0.25) is 0 Å². The molecule has 5 heteroatoms. The standard InChI is InChI=1S/C23H19N3O2/c1-28-20-13-9-17(10-14-20)22-24-15-21(26-22)16-7-11-19(12-8-16)25-23(27)18-5-3-2-4-6-18/h2-15H,1H3,(H,24,26)(H,25,27). The number of rotatable bonds is 5. The van der Waals surface area contributed by atoms with Gasteiger partial charge >= 0.3 is 0 Å². The van der Waals surface area contributed by atoms with E-state index in [9.17, 15) is 4.79 Å². The van der Waals surface area contributed by atoms with Crippen molar-refractivity contribution < 1.29 is 9.53 Å². The molecular formula is C23H19N3O2. The fourth-order valence-electron chi connectivity index (χ4n) is 2.89. The minimum Gasteiger partial charge on any atom is -0.497 e. The fourth-order valence-corrected chi connectivity index (χ4v) is 2.89. The maximum atomic E-state index is 12.2. The van der Waals surface area contributed by atoms with Crippen molar-refractivity contribution in [3.05, 3.63) is 90.6 Å². The second-order valence-electron chi connectivity index (χ2n) is 6.27. The number of nitrogens with zero attached hydrogens (tertiary/aromatic N) is 1. The molecule has 0 atom stereocenters. The van der Waals surface area contributed by atoms with E-state index in [0.29, 0.717) is 5.56 Å². The lowest BCUT2D eigenvalue weighted by Crippen LogP contribution is -2.11. The van der Waals surface area contributed by atoms with Crippen molar-refractivity contribution >= 4 is 11.6 Å². The number of carbonyl (C=O) groups excluding carboxylic acids is 1. The van der Waals surface area contributed by atoms with Gasteiger partial charge in [0, 0.05) is 16.8 Å². The minimum atomic E-state index is -0.128. The average molecular weight is 369 g/mol. The summed E-state index contributed by atoms with van der Waals surface area (Å²) in [5.74, 6) is 1.47. The fraction of sp³-hybridized carbons (Fsp3) is 0.0435. The zero-order valence-corrected chi connectivity index (χ0v) is 15.3. The predicted molar refractivity (Wildman–Crippen MR) is 110 cm³/mol. The summed E-state index contributed by atoms with van der Waals surface area (Å²) in [5, 5.41) is 2.90. The number of aromatic nitrogens is 2. The number of methoxy groups -OCH3 is 1. The van der Waals surface area contributed by atoms with Gasteiger partial charge in [0.25, 0.3) is 5.91 Å². The molecule has 0 unspecified atom stereocenters. The highest BCUT2D eigenvalue weighted by Gasteiger charge is 2.08. The van der Waals surface area contributed by atoms with Gasteiger partial charge in [-0.15, -0.1) is 0 Å². The predicted octanol–water partition coefficient (Wildman–Crippen LogP) is 5.00. The molecule has 3 aromatic carbocycles. The molecule has 4 rings (SSSR count). The first-order valence-electron chi connectivity index (χ1n) is 8.89. The Morgan fingerprint density at radius 1 is 0.893 bits per heavy atom. The lowest BCUT2D eigenvalue weighted by atomic mass is 10.1. The van der Waals surface area contributed by atoms with E-state index in [-0.39, 0.29) is 5.91 Å². The van der Waals surface area contributed by atoms with Gasteiger partial charge < -0.3 is 15.0 Å². The summed E-state index contributed by atoms with van der Waals surface area (Å²) in [6.07, 6.45) is 1.80. The van der Waals surface area contributed by atoms with Gasteiger partial charge in [-0.1, -0.05) is 30.3 Å². The molecular weight excluding hydrogens is 350 g/mol. The number of amides is 1. The van der Waals surface area contributed by atoms with E-state index in [2.05, 4.69) is 15.3 Å². The summed E-state index contributed by atoms with van der Waals surface area (Å²) in [7, 11) is 1.64. The molecule has 0 aliphatic rings. The Hall–Kier alpha value is -3.86. The molecule has 28 heavy (non-hydrogen) atoms. The molecule has 0 fully saturated rings. The first-order valence-corrected chi connectivity index (χ1v) is 8.89. The van der Waals surface area contributed by atoms with E-state index in [1.807, 2.05) is 66.7 Å². The maximum Gasteiger partial charge on any atom is 0.255 e. The quantitative estimate of drug-likeness (QED) is 0.520. The molecule has 138 valence electrons. The van der Waals surface area contributed by atoms with Crippen LogP contribution in [0.1, 0.15) is 10.4 Å². The number of hydrogen-bond donors (Lipinski definition) is 2. The highest BCUT2D eigenvalue weighted by molar-refractivity contribution is 6.04. The van der Waals surface area contributed by atoms with Crippen molar-refractivity contribution in [3.8, 4) is 28.4 Å². The number of imidazole rings is 1. The van der Waals surface area contributed by atoms with Crippen molar-refractivity contribution in [2.75, 3.05) is 12.4 Å². The Balaban J connectivity index is 1.48. The van der Waals surface area contributed by atoms with Gasteiger partial charge in [-0.25, -0.2) is 4.98 Å². The Labute approximate surface area is 163 Å². The zero-order chi connectivity index (χ0) is 19.3. The molecule has 0 spiro atoms. The van der Waals surface area contributed by atoms with Crippen LogP contribution >= 0.6 is 0 Å². The number of hydrogen-bond acceptors (Lipinski definition) is 3. The number of H-pyrrole nitrogens is 1. The molecule has 1 heterocycles. The number of benzene rings is 3. The largest absolute Gasteiger partial charge is 0.497 e. The number of carbonyl (C=O) groups is 1. The van der Waals surface area contributed by atoms with E-state index in [4.69, 9.17) is 4.74 Å². The summed E-state index contributed by atoms with van der Waals surface area (Å²) >= 11 is 0. The third-order valence-electron chi connectivity index (χ3n) is 4.43. The van der Waals surface area contributed by atoms with Crippen LogP contribution in [0, 0.1) is 0 Å². The SMILES string of the molecule is COc1ccc(-c2ncc(-c3ccc(NC(=O)c4ccccc4)cc3)[nH]2)cc1. The van der Waals surface area contributed by atoms with E-state index in [0.717, 1.165) is 34.1 Å². The molecule has 0 saturated carbocycles. The van der Waals surface area contributed by atoms with Crippen LogP contribution in [0.4, 0.5) is 5.69 Å². The summed E-state index contributed by atoms with van der Waals surface area (Å²) in [5.41, 5.74) is 4.26. The zero-order valence-electron chi connectivity index (χ0n) is 15.3. The van der Waals surface area contributed by atoms with Crippen molar-refractivity contribution in [3.63, 3.8) is 0 Å². The van der Waals surface area contributed by atoms with Crippen molar-refractivity contribution in [1.82, 2.24) is 9.97 Å². The van der Waals surface area contributed by atoms with Crippen LogP contribution in [-0.2, 0) is 0 Å². The average Bonchev–Trinajstić information content (AvgIpc) is 3.25. The first-order chi connectivity index (χ1) is 13.7. The molecule has 1 aromatic heterocycles. The van der Waals surface area contributed by atoms with Crippen LogP contribution in [0.3, 0.4) is 0 Å². The molecule has 2 N–H and O–H groups in total. The number of anilines is 1. The van der Waals surface area contributed by atoms with E-state index in [1.54, 1.807) is 25.4 Å². The maximum absolute atomic E-state index is 12.2. The van der Waals surface area contributed by atoms with Crippen LogP contribution in [-0.4, -0.2) is 23.0 Å².